The van der Waals surface area contributed by atoms with Gasteiger partial charge in [0.2, 0.25) is 0 Å². The molecule has 0 bridgehead atoms. The summed E-state index contributed by atoms with van der Waals surface area (Å²) in [6, 6.07) is 8.27. The molecule has 98 valence electrons. The Morgan fingerprint density at radius 1 is 0.895 bits per heavy atom. The van der Waals surface area contributed by atoms with Crippen LogP contribution in [0.25, 0.3) is 11.1 Å². The highest BCUT2D eigenvalue weighted by molar-refractivity contribution is 5.77. The van der Waals surface area contributed by atoms with Crippen LogP contribution in [0, 0.1) is 5.82 Å². The third-order valence-corrected chi connectivity index (χ3v) is 2.67. The summed E-state index contributed by atoms with van der Waals surface area (Å²) < 4.78 is 50.6. The van der Waals surface area contributed by atoms with Gasteiger partial charge in [-0.25, -0.2) is 4.39 Å². The lowest BCUT2D eigenvalue weighted by atomic mass is 10.0. The quantitative estimate of drug-likeness (QED) is 0.585. The van der Waals surface area contributed by atoms with Gasteiger partial charge in [-0.2, -0.15) is 13.2 Å². The first kappa shape index (κ1) is 13.3. The van der Waals surface area contributed by atoms with Crippen molar-refractivity contribution >= 4 is 6.29 Å². The first-order valence-corrected chi connectivity index (χ1v) is 5.34. The van der Waals surface area contributed by atoms with Crippen molar-refractivity contribution in [3.05, 3.63) is 59.4 Å². The van der Waals surface area contributed by atoms with Crippen LogP contribution < -0.4 is 0 Å². The van der Waals surface area contributed by atoms with Crippen molar-refractivity contribution in [3.63, 3.8) is 0 Å². The Morgan fingerprint density at radius 3 is 1.95 bits per heavy atom. The summed E-state index contributed by atoms with van der Waals surface area (Å²) in [5.41, 5.74) is 0.0121. The SMILES string of the molecule is O=Cc1ccc(-c2ccc(C(F)(F)F)cc2)cc1F. The van der Waals surface area contributed by atoms with Gasteiger partial charge in [0.1, 0.15) is 5.82 Å². The third kappa shape index (κ3) is 2.81. The molecular formula is C14H8F4O. The summed E-state index contributed by atoms with van der Waals surface area (Å²) >= 11 is 0. The van der Waals surface area contributed by atoms with Crippen LogP contribution in [0.1, 0.15) is 15.9 Å². The fourth-order valence-electron chi connectivity index (χ4n) is 1.65. The second kappa shape index (κ2) is 4.84. The minimum atomic E-state index is -4.40. The largest absolute Gasteiger partial charge is 0.416 e. The van der Waals surface area contributed by atoms with E-state index in [9.17, 15) is 22.4 Å². The standard InChI is InChI=1S/C14H8F4O/c15-13-7-10(1-2-11(13)8-19)9-3-5-12(6-4-9)14(16,17)18/h1-8H. The highest BCUT2D eigenvalue weighted by Crippen LogP contribution is 2.31. The van der Waals surface area contributed by atoms with Gasteiger partial charge in [0, 0.05) is 0 Å². The molecule has 0 N–H and O–H groups in total. The highest BCUT2D eigenvalue weighted by atomic mass is 19.4. The van der Waals surface area contributed by atoms with Gasteiger partial charge in [0.15, 0.2) is 6.29 Å². The Morgan fingerprint density at radius 2 is 1.47 bits per heavy atom. The van der Waals surface area contributed by atoms with Crippen LogP contribution in [0.2, 0.25) is 0 Å². The number of rotatable bonds is 2. The summed E-state index contributed by atoms with van der Waals surface area (Å²) in [4.78, 5) is 10.5. The molecule has 0 atom stereocenters. The number of halogens is 4. The molecular weight excluding hydrogens is 260 g/mol. The summed E-state index contributed by atoms with van der Waals surface area (Å²) in [5.74, 6) is -0.701. The number of hydrogen-bond donors (Lipinski definition) is 0. The van der Waals surface area contributed by atoms with Crippen molar-refractivity contribution in [2.24, 2.45) is 0 Å². The number of alkyl halides is 3. The zero-order valence-electron chi connectivity index (χ0n) is 9.54. The van der Waals surface area contributed by atoms with Crippen molar-refractivity contribution in [3.8, 4) is 11.1 Å². The zero-order valence-corrected chi connectivity index (χ0v) is 9.54. The lowest BCUT2D eigenvalue weighted by Gasteiger charge is -2.08. The Bertz CT molecular complexity index is 600. The fraction of sp³-hybridized carbons (Fsp3) is 0.0714. The van der Waals surface area contributed by atoms with Gasteiger partial charge in [-0.05, 0) is 35.4 Å². The van der Waals surface area contributed by atoms with Crippen molar-refractivity contribution in [1.29, 1.82) is 0 Å². The van der Waals surface area contributed by atoms with Crippen LogP contribution in [0.15, 0.2) is 42.5 Å². The van der Waals surface area contributed by atoms with Crippen LogP contribution in [-0.2, 0) is 6.18 Å². The van der Waals surface area contributed by atoms with E-state index < -0.39 is 17.6 Å². The van der Waals surface area contributed by atoms with Crippen molar-refractivity contribution in [1.82, 2.24) is 0 Å². The van der Waals surface area contributed by atoms with E-state index in [0.717, 1.165) is 18.2 Å². The van der Waals surface area contributed by atoms with Crippen LogP contribution in [0.3, 0.4) is 0 Å². The average molecular weight is 268 g/mol. The molecule has 1 nitrogen and oxygen atoms in total. The number of carbonyl (C=O) groups excluding carboxylic acids is 1. The third-order valence-electron chi connectivity index (χ3n) is 2.67. The van der Waals surface area contributed by atoms with Crippen LogP contribution in [-0.4, -0.2) is 6.29 Å². The maximum Gasteiger partial charge on any atom is 0.416 e. The van der Waals surface area contributed by atoms with E-state index in [1.165, 1.54) is 24.3 Å². The normalized spacial score (nSPS) is 11.4. The molecule has 0 radical (unpaired) electrons. The molecule has 2 aromatic rings. The molecule has 2 aromatic carbocycles. The molecule has 0 amide bonds. The van der Waals surface area contributed by atoms with Crippen molar-refractivity contribution in [2.75, 3.05) is 0 Å². The Kier molecular flexibility index (Phi) is 3.38. The molecule has 19 heavy (non-hydrogen) atoms. The van der Waals surface area contributed by atoms with Crippen LogP contribution in [0.5, 0.6) is 0 Å². The maximum absolute atomic E-state index is 13.4. The van der Waals surface area contributed by atoms with Gasteiger partial charge in [-0.3, -0.25) is 4.79 Å². The van der Waals surface area contributed by atoms with Gasteiger partial charge < -0.3 is 0 Å². The second-order valence-corrected chi connectivity index (χ2v) is 3.93. The lowest BCUT2D eigenvalue weighted by Crippen LogP contribution is -2.04. The molecule has 0 unspecified atom stereocenters. The minimum Gasteiger partial charge on any atom is -0.298 e. The first-order valence-electron chi connectivity index (χ1n) is 5.34. The predicted octanol–water partition coefficient (Wildman–Crippen LogP) is 4.32. The molecule has 0 saturated carbocycles. The number of hydrogen-bond acceptors (Lipinski definition) is 1. The van der Waals surface area contributed by atoms with E-state index >= 15 is 0 Å². The molecule has 5 heteroatoms. The molecule has 0 heterocycles. The van der Waals surface area contributed by atoms with Gasteiger partial charge in [0.25, 0.3) is 0 Å². The van der Waals surface area contributed by atoms with E-state index in [0.29, 0.717) is 17.4 Å². The number of benzene rings is 2. The molecule has 0 aliphatic carbocycles. The molecule has 2 rings (SSSR count). The number of aldehydes is 1. The molecule has 0 fully saturated rings. The Hall–Kier alpha value is -2.17. The highest BCUT2D eigenvalue weighted by Gasteiger charge is 2.29. The van der Waals surface area contributed by atoms with Gasteiger partial charge in [0.05, 0.1) is 11.1 Å². The molecule has 0 saturated heterocycles. The predicted molar refractivity (Wildman–Crippen MR) is 62.2 cm³/mol. The topological polar surface area (TPSA) is 17.1 Å². The lowest BCUT2D eigenvalue weighted by molar-refractivity contribution is -0.137. The van der Waals surface area contributed by atoms with Gasteiger partial charge in [-0.15, -0.1) is 0 Å². The molecule has 0 aliphatic rings. The summed E-state index contributed by atoms with van der Waals surface area (Å²) in [7, 11) is 0. The van der Waals surface area contributed by atoms with Gasteiger partial charge in [-0.1, -0.05) is 18.2 Å². The van der Waals surface area contributed by atoms with E-state index in [-0.39, 0.29) is 5.56 Å². The average Bonchev–Trinajstić information content (AvgIpc) is 2.38. The minimum absolute atomic E-state index is 0.0874. The van der Waals surface area contributed by atoms with Crippen LogP contribution >= 0.6 is 0 Å². The smallest absolute Gasteiger partial charge is 0.298 e. The fourth-order valence-corrected chi connectivity index (χ4v) is 1.65. The molecule has 0 spiro atoms. The number of carbonyl (C=O) groups is 1. The zero-order chi connectivity index (χ0) is 14.0. The van der Waals surface area contributed by atoms with E-state index in [1.807, 2.05) is 0 Å². The molecule has 0 aliphatic heterocycles. The first-order chi connectivity index (χ1) is 8.91. The maximum atomic E-state index is 13.4. The van der Waals surface area contributed by atoms with Crippen molar-refractivity contribution < 1.29 is 22.4 Å². The van der Waals surface area contributed by atoms with Crippen molar-refractivity contribution in [2.45, 2.75) is 6.18 Å². The second-order valence-electron chi connectivity index (χ2n) is 3.93. The summed E-state index contributed by atoms with van der Waals surface area (Å²) in [5, 5.41) is 0. The molecule has 0 aromatic heterocycles. The summed E-state index contributed by atoms with van der Waals surface area (Å²) in [6.07, 6.45) is -4.02. The Labute approximate surface area is 106 Å². The van der Waals surface area contributed by atoms with E-state index in [1.54, 1.807) is 0 Å². The summed E-state index contributed by atoms with van der Waals surface area (Å²) in [6.45, 7) is 0. The monoisotopic (exact) mass is 268 g/mol. The van der Waals surface area contributed by atoms with Crippen LogP contribution in [0.4, 0.5) is 17.6 Å². The van der Waals surface area contributed by atoms with Gasteiger partial charge >= 0.3 is 6.18 Å². The van der Waals surface area contributed by atoms with E-state index in [4.69, 9.17) is 0 Å². The van der Waals surface area contributed by atoms with E-state index in [2.05, 4.69) is 0 Å². The Balaban J connectivity index is 2.37.